The van der Waals surface area contributed by atoms with Gasteiger partial charge >= 0.3 is 0 Å². The smallest absolute Gasteiger partial charge is 0.121 e. The minimum absolute atomic E-state index is 0.205. The van der Waals surface area contributed by atoms with Crippen molar-refractivity contribution in [2.75, 3.05) is 31.1 Å². The van der Waals surface area contributed by atoms with Crippen LogP contribution in [0.4, 0.5) is 11.4 Å². The maximum atomic E-state index is 10.4. The molecule has 2 aromatic rings. The molecule has 0 saturated heterocycles. The van der Waals surface area contributed by atoms with Crippen molar-refractivity contribution >= 4 is 23.1 Å². The summed E-state index contributed by atoms with van der Waals surface area (Å²) < 4.78 is 0. The van der Waals surface area contributed by atoms with E-state index in [9.17, 15) is 5.11 Å². The van der Waals surface area contributed by atoms with Gasteiger partial charge in [-0.3, -0.25) is 0 Å². The van der Waals surface area contributed by atoms with E-state index in [-0.39, 0.29) is 6.61 Å². The minimum atomic E-state index is -0.419. The summed E-state index contributed by atoms with van der Waals surface area (Å²) in [5, 5.41) is 21.3. The number of para-hydroxylation sites is 2. The quantitative estimate of drug-likeness (QED) is 0.675. The number of nitrogens with two attached hydrogens (primary N) is 1. The fourth-order valence-electron chi connectivity index (χ4n) is 2.81. The molecule has 0 bridgehead atoms. The van der Waals surface area contributed by atoms with Gasteiger partial charge in [-0.2, -0.15) is 0 Å². The first-order valence-electron chi connectivity index (χ1n) is 8.03. The highest BCUT2D eigenvalue weighted by atomic mass is 32.2. The summed E-state index contributed by atoms with van der Waals surface area (Å²) in [6.45, 7) is 2.27. The van der Waals surface area contributed by atoms with Crippen molar-refractivity contribution < 1.29 is 15.5 Å². The van der Waals surface area contributed by atoms with Gasteiger partial charge in [-0.15, -0.1) is 0 Å². The lowest BCUT2D eigenvalue weighted by molar-refractivity contribution is -0.661. The molecule has 2 aromatic carbocycles. The van der Waals surface area contributed by atoms with Gasteiger partial charge in [0.2, 0.25) is 0 Å². The molecular formula is C18H23N2O2S+. The van der Waals surface area contributed by atoms with E-state index in [0.29, 0.717) is 13.1 Å². The molecule has 4 nitrogen and oxygen atoms in total. The fraction of sp³-hybridized carbons (Fsp3) is 0.333. The summed E-state index contributed by atoms with van der Waals surface area (Å²) in [7, 11) is 0. The molecule has 0 amide bonds. The lowest BCUT2D eigenvalue weighted by atomic mass is 10.2. The first-order chi connectivity index (χ1) is 11.3. The Morgan fingerprint density at radius 2 is 1.61 bits per heavy atom. The summed E-state index contributed by atoms with van der Waals surface area (Å²) in [5.41, 5.74) is 2.32. The first kappa shape index (κ1) is 16.3. The summed E-state index contributed by atoms with van der Waals surface area (Å²) >= 11 is 1.78. The van der Waals surface area contributed by atoms with Crippen LogP contribution in [0.3, 0.4) is 0 Å². The van der Waals surface area contributed by atoms with E-state index in [1.165, 1.54) is 9.79 Å². The van der Waals surface area contributed by atoms with Gasteiger partial charge in [-0.1, -0.05) is 36.0 Å². The Hall–Kier alpha value is -1.53. The highest BCUT2D eigenvalue weighted by Crippen LogP contribution is 2.47. The number of rotatable bonds is 7. The molecule has 0 aromatic heterocycles. The summed E-state index contributed by atoms with van der Waals surface area (Å²) in [4.78, 5) is 4.66. The van der Waals surface area contributed by atoms with Crippen LogP contribution in [0.2, 0.25) is 0 Å². The zero-order valence-electron chi connectivity index (χ0n) is 13.1. The number of hydrogen-bond acceptors (Lipinski definition) is 4. The third kappa shape index (κ3) is 3.87. The van der Waals surface area contributed by atoms with Gasteiger partial charge in [-0.25, -0.2) is 0 Å². The Kier molecular flexibility index (Phi) is 5.56. The van der Waals surface area contributed by atoms with Crippen LogP contribution in [-0.4, -0.2) is 42.6 Å². The number of fused-ring (bicyclic) bond motifs is 2. The molecule has 1 aliphatic heterocycles. The van der Waals surface area contributed by atoms with Crippen molar-refractivity contribution in [3.05, 3.63) is 48.5 Å². The van der Waals surface area contributed by atoms with Gasteiger partial charge < -0.3 is 20.4 Å². The van der Waals surface area contributed by atoms with Crippen molar-refractivity contribution in [2.24, 2.45) is 0 Å². The van der Waals surface area contributed by atoms with E-state index in [2.05, 4.69) is 46.6 Å². The van der Waals surface area contributed by atoms with E-state index in [1.807, 2.05) is 12.1 Å². The van der Waals surface area contributed by atoms with Crippen LogP contribution >= 0.6 is 11.8 Å². The molecule has 0 unspecified atom stereocenters. The first-order valence-corrected chi connectivity index (χ1v) is 8.85. The van der Waals surface area contributed by atoms with Crippen molar-refractivity contribution in [1.29, 1.82) is 0 Å². The Balaban J connectivity index is 1.76. The standard InChI is InChI=1S/C18H22N2O2S/c21-11-5-10-19-12-14(22)13-20-15-6-1-3-8-17(15)23-18-9-4-2-7-16(18)20/h1-4,6-9,14,19,21-22H,5,10-13H2/p+1/t14-/m0/s1. The van der Waals surface area contributed by atoms with Gasteiger partial charge in [0.15, 0.2) is 0 Å². The number of quaternary nitrogens is 1. The van der Waals surface area contributed by atoms with Crippen LogP contribution in [0.15, 0.2) is 58.3 Å². The van der Waals surface area contributed by atoms with E-state index in [4.69, 9.17) is 5.11 Å². The Morgan fingerprint density at radius 1 is 1.00 bits per heavy atom. The molecule has 1 heterocycles. The number of aliphatic hydroxyl groups excluding tert-OH is 2. The molecule has 0 spiro atoms. The van der Waals surface area contributed by atoms with Gasteiger partial charge in [0.05, 0.1) is 24.5 Å². The normalized spacial score (nSPS) is 14.3. The SMILES string of the molecule is OCCC[NH2+]C[C@H](O)CN1c2ccccc2Sc2ccccc21. The lowest BCUT2D eigenvalue weighted by Gasteiger charge is -2.33. The summed E-state index contributed by atoms with van der Waals surface area (Å²) in [5.74, 6) is 0. The van der Waals surface area contributed by atoms with Crippen LogP contribution in [0.1, 0.15) is 6.42 Å². The van der Waals surface area contributed by atoms with Gasteiger partial charge in [0.1, 0.15) is 12.6 Å². The zero-order valence-corrected chi connectivity index (χ0v) is 13.9. The van der Waals surface area contributed by atoms with Gasteiger partial charge in [0.25, 0.3) is 0 Å². The van der Waals surface area contributed by atoms with E-state index < -0.39 is 6.10 Å². The number of β-amino-alcohol motifs (C(OH)–C–C–N with tert-alkyl or cyclic N) is 1. The molecule has 5 heteroatoms. The summed E-state index contributed by atoms with van der Waals surface area (Å²) in [6, 6.07) is 16.7. The number of hydrogen-bond donors (Lipinski definition) is 3. The van der Waals surface area contributed by atoms with Crippen LogP contribution in [0.25, 0.3) is 0 Å². The van der Waals surface area contributed by atoms with Crippen molar-refractivity contribution in [3.8, 4) is 0 Å². The summed E-state index contributed by atoms with van der Waals surface area (Å²) in [6.07, 6.45) is 0.344. The predicted molar refractivity (Wildman–Crippen MR) is 93.4 cm³/mol. The van der Waals surface area contributed by atoms with Crippen molar-refractivity contribution in [1.82, 2.24) is 0 Å². The average molecular weight is 331 g/mol. The molecule has 1 atom stereocenters. The highest BCUT2D eigenvalue weighted by molar-refractivity contribution is 7.99. The monoisotopic (exact) mass is 331 g/mol. The Morgan fingerprint density at radius 3 is 2.22 bits per heavy atom. The van der Waals surface area contributed by atoms with E-state index >= 15 is 0 Å². The lowest BCUT2D eigenvalue weighted by Crippen LogP contribution is -2.86. The number of anilines is 2. The van der Waals surface area contributed by atoms with E-state index in [0.717, 1.165) is 24.3 Å². The fourth-order valence-corrected chi connectivity index (χ4v) is 3.90. The zero-order chi connectivity index (χ0) is 16.1. The van der Waals surface area contributed by atoms with Gasteiger partial charge in [0, 0.05) is 22.8 Å². The maximum absolute atomic E-state index is 10.4. The second-order valence-corrected chi connectivity index (χ2v) is 6.78. The minimum Gasteiger partial charge on any atom is -0.396 e. The Bertz CT molecular complexity index is 605. The number of benzene rings is 2. The molecule has 0 saturated carbocycles. The third-order valence-corrected chi connectivity index (χ3v) is 5.06. The van der Waals surface area contributed by atoms with Gasteiger partial charge in [-0.05, 0) is 24.3 Å². The molecule has 1 aliphatic rings. The van der Waals surface area contributed by atoms with Crippen LogP contribution in [0, 0.1) is 0 Å². The molecule has 4 N–H and O–H groups in total. The van der Waals surface area contributed by atoms with E-state index in [1.54, 1.807) is 11.8 Å². The average Bonchev–Trinajstić information content (AvgIpc) is 2.58. The molecular weight excluding hydrogens is 308 g/mol. The maximum Gasteiger partial charge on any atom is 0.121 e. The topological polar surface area (TPSA) is 60.3 Å². The largest absolute Gasteiger partial charge is 0.396 e. The second kappa shape index (κ2) is 7.84. The van der Waals surface area contributed by atoms with Crippen molar-refractivity contribution in [2.45, 2.75) is 22.3 Å². The van der Waals surface area contributed by atoms with Crippen LogP contribution in [-0.2, 0) is 0 Å². The second-order valence-electron chi connectivity index (χ2n) is 5.69. The van der Waals surface area contributed by atoms with Crippen LogP contribution in [0.5, 0.6) is 0 Å². The molecule has 0 fully saturated rings. The number of nitrogens with zero attached hydrogens (tertiary/aromatic N) is 1. The third-order valence-electron chi connectivity index (χ3n) is 3.93. The molecule has 122 valence electrons. The van der Waals surface area contributed by atoms with Crippen molar-refractivity contribution in [3.63, 3.8) is 0 Å². The number of aliphatic hydroxyl groups is 2. The molecule has 23 heavy (non-hydrogen) atoms. The van der Waals surface area contributed by atoms with Crippen LogP contribution < -0.4 is 10.2 Å². The molecule has 0 radical (unpaired) electrons. The predicted octanol–water partition coefficient (Wildman–Crippen LogP) is 1.60. The highest BCUT2D eigenvalue weighted by Gasteiger charge is 2.24. The Labute approximate surface area is 141 Å². The molecule has 3 rings (SSSR count). The molecule has 0 aliphatic carbocycles.